The van der Waals surface area contributed by atoms with Gasteiger partial charge in [-0.3, -0.25) is 0 Å². The highest BCUT2D eigenvalue weighted by atomic mass is 16.5. The van der Waals surface area contributed by atoms with Gasteiger partial charge in [0.15, 0.2) is 0 Å². The van der Waals surface area contributed by atoms with Gasteiger partial charge in [-0.15, -0.1) is 4.98 Å². The standard InChI is InChI=1S/C14H26N4O2/c1-4-6-7-8-9-11(3)20-14-17-12(15)16-13(18-14)19-10-5-2/h11H,4-10H2,1-3H3,(H2,15,16,17,18). The second-order valence-electron chi connectivity index (χ2n) is 4.89. The Morgan fingerprint density at radius 3 is 2.45 bits per heavy atom. The number of nitrogens with zero attached hydrogens (tertiary/aromatic N) is 3. The highest BCUT2D eigenvalue weighted by Gasteiger charge is 2.10. The van der Waals surface area contributed by atoms with Crippen molar-refractivity contribution in [2.75, 3.05) is 12.3 Å². The van der Waals surface area contributed by atoms with E-state index in [1.807, 2.05) is 13.8 Å². The Labute approximate surface area is 121 Å². The van der Waals surface area contributed by atoms with Crippen molar-refractivity contribution in [2.45, 2.75) is 65.4 Å². The van der Waals surface area contributed by atoms with E-state index in [9.17, 15) is 0 Å². The van der Waals surface area contributed by atoms with Gasteiger partial charge in [-0.05, 0) is 26.2 Å². The van der Waals surface area contributed by atoms with Crippen molar-refractivity contribution in [3.8, 4) is 12.0 Å². The molecule has 0 saturated heterocycles. The summed E-state index contributed by atoms with van der Waals surface area (Å²) in [4.78, 5) is 12.0. The molecule has 1 aromatic rings. The van der Waals surface area contributed by atoms with E-state index in [-0.39, 0.29) is 24.1 Å². The number of nitrogen functional groups attached to an aromatic ring is 1. The van der Waals surface area contributed by atoms with Crippen molar-refractivity contribution in [2.24, 2.45) is 0 Å². The average molecular weight is 282 g/mol. The van der Waals surface area contributed by atoms with Crippen LogP contribution in [0.4, 0.5) is 5.95 Å². The van der Waals surface area contributed by atoms with Gasteiger partial charge >= 0.3 is 12.0 Å². The van der Waals surface area contributed by atoms with Gasteiger partial charge < -0.3 is 15.2 Å². The molecule has 1 rings (SSSR count). The Morgan fingerprint density at radius 1 is 1.00 bits per heavy atom. The maximum Gasteiger partial charge on any atom is 0.324 e. The van der Waals surface area contributed by atoms with Gasteiger partial charge in [-0.2, -0.15) is 9.97 Å². The molecule has 2 N–H and O–H groups in total. The number of aromatic nitrogens is 3. The lowest BCUT2D eigenvalue weighted by Crippen LogP contribution is -2.15. The fourth-order valence-corrected chi connectivity index (χ4v) is 1.76. The minimum atomic E-state index is 0.0627. The lowest BCUT2D eigenvalue weighted by Gasteiger charge is -2.13. The van der Waals surface area contributed by atoms with E-state index in [2.05, 4.69) is 21.9 Å². The largest absolute Gasteiger partial charge is 0.463 e. The van der Waals surface area contributed by atoms with Gasteiger partial charge in [-0.25, -0.2) is 0 Å². The van der Waals surface area contributed by atoms with E-state index >= 15 is 0 Å². The normalized spacial score (nSPS) is 12.2. The zero-order chi connectivity index (χ0) is 14.8. The zero-order valence-electron chi connectivity index (χ0n) is 12.8. The lowest BCUT2D eigenvalue weighted by atomic mass is 10.1. The van der Waals surface area contributed by atoms with Crippen LogP contribution in [0.2, 0.25) is 0 Å². The van der Waals surface area contributed by atoms with E-state index in [0.29, 0.717) is 6.61 Å². The summed E-state index contributed by atoms with van der Waals surface area (Å²) in [6, 6.07) is 0.471. The fraction of sp³-hybridized carbons (Fsp3) is 0.786. The van der Waals surface area contributed by atoms with Crippen LogP contribution in [0, 0.1) is 0 Å². The van der Waals surface area contributed by atoms with Crippen LogP contribution in [-0.4, -0.2) is 27.7 Å². The lowest BCUT2D eigenvalue weighted by molar-refractivity contribution is 0.184. The van der Waals surface area contributed by atoms with E-state index in [1.165, 1.54) is 19.3 Å². The van der Waals surface area contributed by atoms with Crippen LogP contribution >= 0.6 is 0 Å². The number of hydrogen-bond donors (Lipinski definition) is 1. The predicted molar refractivity (Wildman–Crippen MR) is 78.9 cm³/mol. The molecule has 1 aromatic heterocycles. The first kappa shape index (κ1) is 16.5. The highest BCUT2D eigenvalue weighted by Crippen LogP contribution is 2.15. The minimum Gasteiger partial charge on any atom is -0.463 e. The molecule has 1 heterocycles. The first-order chi connectivity index (χ1) is 9.65. The highest BCUT2D eigenvalue weighted by molar-refractivity contribution is 5.20. The van der Waals surface area contributed by atoms with Gasteiger partial charge in [-0.1, -0.05) is 33.1 Å². The summed E-state index contributed by atoms with van der Waals surface area (Å²) in [7, 11) is 0. The Bertz CT molecular complexity index is 387. The molecule has 0 aliphatic carbocycles. The van der Waals surface area contributed by atoms with Crippen LogP contribution in [0.5, 0.6) is 12.0 Å². The number of ether oxygens (including phenoxy) is 2. The maximum absolute atomic E-state index is 5.67. The monoisotopic (exact) mass is 282 g/mol. The van der Waals surface area contributed by atoms with Crippen molar-refractivity contribution in [1.82, 2.24) is 15.0 Å². The summed E-state index contributed by atoms with van der Waals surface area (Å²) < 4.78 is 11.0. The summed E-state index contributed by atoms with van der Waals surface area (Å²) in [5, 5.41) is 0. The molecule has 0 saturated carbocycles. The number of rotatable bonds is 10. The smallest absolute Gasteiger partial charge is 0.324 e. The number of hydrogen-bond acceptors (Lipinski definition) is 6. The second kappa shape index (κ2) is 9.34. The van der Waals surface area contributed by atoms with E-state index in [0.717, 1.165) is 19.3 Å². The molecule has 0 aliphatic heterocycles. The maximum atomic E-state index is 5.67. The van der Waals surface area contributed by atoms with Gasteiger partial charge in [0.05, 0.1) is 12.7 Å². The van der Waals surface area contributed by atoms with E-state index in [1.54, 1.807) is 0 Å². The molecule has 6 nitrogen and oxygen atoms in total. The molecule has 6 heteroatoms. The van der Waals surface area contributed by atoms with Crippen LogP contribution in [-0.2, 0) is 0 Å². The summed E-state index contributed by atoms with van der Waals surface area (Å²) in [6.07, 6.45) is 6.81. The third kappa shape index (κ3) is 6.54. The van der Waals surface area contributed by atoms with Crippen LogP contribution in [0.15, 0.2) is 0 Å². The molecule has 0 bridgehead atoms. The SMILES string of the molecule is CCCCCCC(C)Oc1nc(N)nc(OCCC)n1. The molecule has 0 fully saturated rings. The average Bonchev–Trinajstić information content (AvgIpc) is 2.41. The van der Waals surface area contributed by atoms with Crippen molar-refractivity contribution in [3.05, 3.63) is 0 Å². The molecule has 0 aliphatic rings. The van der Waals surface area contributed by atoms with Crippen LogP contribution < -0.4 is 15.2 Å². The summed E-state index contributed by atoms with van der Waals surface area (Å²) in [5.74, 6) is 0.124. The topological polar surface area (TPSA) is 83.2 Å². The molecule has 0 radical (unpaired) electrons. The van der Waals surface area contributed by atoms with Crippen LogP contribution in [0.3, 0.4) is 0 Å². The molecule has 1 atom stereocenters. The van der Waals surface area contributed by atoms with E-state index in [4.69, 9.17) is 15.2 Å². The predicted octanol–water partition coefficient (Wildman–Crippen LogP) is 2.98. The molecule has 1 unspecified atom stereocenters. The van der Waals surface area contributed by atoms with Gasteiger partial charge in [0.25, 0.3) is 0 Å². The molecule has 0 amide bonds. The Balaban J connectivity index is 2.47. The minimum absolute atomic E-state index is 0.0627. The van der Waals surface area contributed by atoms with Crippen molar-refractivity contribution >= 4 is 5.95 Å². The molecule has 20 heavy (non-hydrogen) atoms. The molecular weight excluding hydrogens is 256 g/mol. The molecule has 0 spiro atoms. The number of anilines is 1. The fourth-order valence-electron chi connectivity index (χ4n) is 1.76. The third-order valence-corrected chi connectivity index (χ3v) is 2.82. The Kier molecular flexibility index (Phi) is 7.69. The Morgan fingerprint density at radius 2 is 1.75 bits per heavy atom. The van der Waals surface area contributed by atoms with Crippen LogP contribution in [0.1, 0.15) is 59.3 Å². The van der Waals surface area contributed by atoms with Gasteiger partial charge in [0, 0.05) is 0 Å². The third-order valence-electron chi connectivity index (χ3n) is 2.82. The quantitative estimate of drug-likeness (QED) is 0.664. The van der Waals surface area contributed by atoms with Crippen molar-refractivity contribution < 1.29 is 9.47 Å². The summed E-state index contributed by atoms with van der Waals surface area (Å²) >= 11 is 0. The molecule has 114 valence electrons. The second-order valence-corrected chi connectivity index (χ2v) is 4.89. The van der Waals surface area contributed by atoms with Crippen molar-refractivity contribution in [3.63, 3.8) is 0 Å². The first-order valence-electron chi connectivity index (χ1n) is 7.46. The van der Waals surface area contributed by atoms with Crippen molar-refractivity contribution in [1.29, 1.82) is 0 Å². The van der Waals surface area contributed by atoms with Gasteiger partial charge in [0.2, 0.25) is 5.95 Å². The van der Waals surface area contributed by atoms with Gasteiger partial charge in [0.1, 0.15) is 0 Å². The van der Waals surface area contributed by atoms with Crippen LogP contribution in [0.25, 0.3) is 0 Å². The number of nitrogens with two attached hydrogens (primary N) is 1. The molecular formula is C14H26N4O2. The molecule has 0 aromatic carbocycles. The Hall–Kier alpha value is -1.59. The zero-order valence-corrected chi connectivity index (χ0v) is 12.8. The first-order valence-corrected chi connectivity index (χ1v) is 7.46. The van der Waals surface area contributed by atoms with E-state index < -0.39 is 0 Å². The number of unbranched alkanes of at least 4 members (excludes halogenated alkanes) is 3. The summed E-state index contributed by atoms with van der Waals surface area (Å²) in [6.45, 7) is 6.78. The summed E-state index contributed by atoms with van der Waals surface area (Å²) in [5.41, 5.74) is 5.62.